The number of phenols is 1. The van der Waals surface area contributed by atoms with Gasteiger partial charge in [0.1, 0.15) is 47.3 Å². The third kappa shape index (κ3) is 20.2. The molecule has 2 rings (SSSR count). The van der Waals surface area contributed by atoms with E-state index >= 15 is 0 Å². The molecule has 0 unspecified atom stereocenters. The highest BCUT2D eigenvalue weighted by Gasteiger charge is 2.42. The van der Waals surface area contributed by atoms with E-state index in [2.05, 4.69) is 37.2 Å². The van der Waals surface area contributed by atoms with Crippen LogP contribution in [-0.4, -0.2) is 138 Å². The fourth-order valence-electron chi connectivity index (χ4n) is 6.46. The lowest BCUT2D eigenvalue weighted by Crippen LogP contribution is -2.64. The summed E-state index contributed by atoms with van der Waals surface area (Å²) in [7, 11) is -2.16. The van der Waals surface area contributed by atoms with Crippen LogP contribution in [0.4, 0.5) is 0 Å². The number of carboxylic acid groups (broad SMARTS) is 2. The number of hydrogen-bond acceptors (Lipinski definition) is 13. The van der Waals surface area contributed by atoms with E-state index in [0.717, 1.165) is 6.92 Å². The van der Waals surface area contributed by atoms with E-state index in [1.54, 1.807) is 13.8 Å². The molecular formula is C40H59N9O15S. The van der Waals surface area contributed by atoms with Gasteiger partial charge in [-0.15, -0.1) is 0 Å². The number of carbonyl (C=O) groups excluding carboxylic acids is 9. The Morgan fingerprint density at radius 3 is 2.00 bits per heavy atom. The Morgan fingerprint density at radius 1 is 0.785 bits per heavy atom. The summed E-state index contributed by atoms with van der Waals surface area (Å²) in [6.45, 7) is 4.29. The van der Waals surface area contributed by atoms with Crippen LogP contribution in [0.15, 0.2) is 24.3 Å². The normalized spacial score (nSPS) is 25.3. The van der Waals surface area contributed by atoms with Gasteiger partial charge < -0.3 is 64.0 Å². The van der Waals surface area contributed by atoms with E-state index in [9.17, 15) is 72.3 Å². The molecule has 65 heavy (non-hydrogen) atoms. The molecule has 1 heterocycles. The van der Waals surface area contributed by atoms with Crippen LogP contribution in [0.3, 0.4) is 0 Å². The fraction of sp³-hybridized carbons (Fsp3) is 0.575. The monoisotopic (exact) mass is 937 g/mol. The highest BCUT2D eigenvalue weighted by Crippen LogP contribution is 2.16. The third-order valence-corrected chi connectivity index (χ3v) is 11.1. The van der Waals surface area contributed by atoms with Gasteiger partial charge in [0.2, 0.25) is 53.2 Å². The Balaban J connectivity index is 2.67. The zero-order valence-corrected chi connectivity index (χ0v) is 37.1. The van der Waals surface area contributed by atoms with Crippen molar-refractivity contribution in [1.29, 1.82) is 0 Å². The number of hydrogen-bond donors (Lipinski definition) is 12. The van der Waals surface area contributed by atoms with Gasteiger partial charge in [-0.2, -0.15) is 0 Å². The first-order valence-electron chi connectivity index (χ1n) is 20.6. The Bertz CT molecular complexity index is 1970. The number of aromatic hydroxyl groups is 1. The second-order valence-corrected chi connectivity index (χ2v) is 17.6. The third-order valence-electron chi connectivity index (χ3n) is 9.77. The van der Waals surface area contributed by atoms with E-state index in [1.807, 2.05) is 0 Å². The lowest BCUT2D eigenvalue weighted by atomic mass is 9.94. The van der Waals surface area contributed by atoms with Crippen LogP contribution < -0.4 is 48.7 Å². The van der Waals surface area contributed by atoms with Crippen molar-refractivity contribution in [2.45, 2.75) is 121 Å². The molecule has 0 aliphatic carbocycles. The number of aliphatic carboxylic acids is 2. The molecule has 14 N–H and O–H groups in total. The molecule has 24 nitrogen and oxygen atoms in total. The highest BCUT2D eigenvalue weighted by atomic mass is 32.2. The highest BCUT2D eigenvalue weighted by molar-refractivity contribution is 7.85. The molecule has 0 saturated carbocycles. The number of rotatable bonds is 13. The number of nitrogens with one attached hydrogen (secondary N) is 7. The van der Waals surface area contributed by atoms with E-state index in [-0.39, 0.29) is 63.2 Å². The van der Waals surface area contributed by atoms with E-state index in [0.29, 0.717) is 5.56 Å². The van der Waals surface area contributed by atoms with Gasteiger partial charge in [-0.1, -0.05) is 26.0 Å². The first-order valence-corrected chi connectivity index (χ1v) is 22.1. The summed E-state index contributed by atoms with van der Waals surface area (Å²) in [4.78, 5) is 143. The minimum Gasteiger partial charge on any atom is -0.508 e. The number of phenolic OH excluding ortho intramolecular Hbond substituents is 1. The molecular weight excluding hydrogens is 879 g/mol. The van der Waals surface area contributed by atoms with Gasteiger partial charge in [0.15, 0.2) is 0 Å². The number of amides is 9. The first kappa shape index (κ1) is 54.5. The molecule has 1 aromatic carbocycles. The van der Waals surface area contributed by atoms with Crippen molar-refractivity contribution in [2.24, 2.45) is 17.4 Å². The maximum atomic E-state index is 14.2. The number of primary amides is 2. The quantitative estimate of drug-likeness (QED) is 0.0910. The molecule has 0 radical (unpaired) electrons. The van der Waals surface area contributed by atoms with Gasteiger partial charge in [0.25, 0.3) is 0 Å². The van der Waals surface area contributed by atoms with Crippen LogP contribution in [-0.2, 0) is 70.0 Å². The van der Waals surface area contributed by atoms with Gasteiger partial charge in [-0.3, -0.25) is 56.9 Å². The second kappa shape index (κ2) is 26.2. The predicted molar refractivity (Wildman–Crippen MR) is 229 cm³/mol. The van der Waals surface area contributed by atoms with Gasteiger partial charge in [-0.25, -0.2) is 0 Å². The smallest absolute Gasteiger partial charge is 0.306 e. The summed E-state index contributed by atoms with van der Waals surface area (Å²) in [5, 5.41) is 45.7. The molecule has 1 aromatic rings. The molecule has 0 bridgehead atoms. The van der Waals surface area contributed by atoms with Crippen LogP contribution in [0, 0.1) is 5.92 Å². The maximum Gasteiger partial charge on any atom is 0.306 e. The van der Waals surface area contributed by atoms with Crippen molar-refractivity contribution < 1.29 is 72.3 Å². The van der Waals surface area contributed by atoms with E-state index in [1.165, 1.54) is 24.3 Å². The fourth-order valence-corrected chi connectivity index (χ4v) is 7.57. The van der Waals surface area contributed by atoms with Crippen LogP contribution in [0.2, 0.25) is 0 Å². The first-order chi connectivity index (χ1) is 30.4. The average Bonchev–Trinajstić information content (AvgIpc) is 3.18. The molecule has 1 aliphatic rings. The second-order valence-electron chi connectivity index (χ2n) is 16.1. The number of benzene rings is 1. The van der Waals surface area contributed by atoms with Gasteiger partial charge in [-0.05, 0) is 62.6 Å². The van der Waals surface area contributed by atoms with Crippen LogP contribution >= 0.6 is 0 Å². The number of carbonyl (C=O) groups is 11. The Labute approximate surface area is 376 Å². The summed E-state index contributed by atoms with van der Waals surface area (Å²) in [6, 6.07) is -2.35. The minimum atomic E-state index is -2.37. The standard InChI is InChI=1S/C40H59N9O15S/c1-21(2)15-25-37(61)47-26(16-22-10-12-23(50)13-11-22)38(62)49-40(3,18-33(56)57)39(63)48-27(17-29(41)51)35(59)43-14-5-4-8-30(52)45-28(34(42)58)19-65(64)20-31(53)44-24(36(60)46-25)7-6-9-32(54)55/h10-13,21,24-28,50H,4-9,14-20H2,1-3H3,(H2,41,51)(H2,42,58)(H,43,59)(H,44,53)(H,45,52)(H,46,60)(H,47,61)(H,48,63)(H,49,62)(H,54,55)(H,56,57)/t24-,25-,26-,27-,28-,40-,65-/m0/s1. The Hall–Kier alpha value is -6.66. The van der Waals surface area contributed by atoms with Gasteiger partial charge in [0.05, 0.1) is 18.6 Å². The van der Waals surface area contributed by atoms with Crippen LogP contribution in [0.1, 0.15) is 84.1 Å². The van der Waals surface area contributed by atoms with E-state index < -0.39 is 142 Å². The Kier molecular flexibility index (Phi) is 22.0. The number of nitrogens with two attached hydrogens (primary N) is 2. The maximum absolute atomic E-state index is 14.2. The zero-order valence-electron chi connectivity index (χ0n) is 36.3. The lowest BCUT2D eigenvalue weighted by molar-refractivity contribution is -0.145. The summed E-state index contributed by atoms with van der Waals surface area (Å²) < 4.78 is 13.0. The molecule has 1 fully saturated rings. The van der Waals surface area contributed by atoms with Gasteiger partial charge >= 0.3 is 11.9 Å². The SMILES string of the molecule is CC(C)C[C@@H]1NC(=O)[C@H](CCCC(=O)O)NC(=O)C[S@@](=O)C[C@@H](C(N)=O)NC(=O)CCCCNC(=O)[C@H](CC(N)=O)NC(=O)[C@](C)(CC(=O)O)NC(=O)[C@H](Cc2ccc(O)cc2)NC1=O. The van der Waals surface area contributed by atoms with Gasteiger partial charge in [0, 0.05) is 36.6 Å². The summed E-state index contributed by atoms with van der Waals surface area (Å²) in [6.07, 6.45) is -3.09. The molecule has 7 atom stereocenters. The van der Waals surface area contributed by atoms with Crippen molar-refractivity contribution >= 4 is 75.9 Å². The van der Waals surface area contributed by atoms with Crippen molar-refractivity contribution in [3.63, 3.8) is 0 Å². The van der Waals surface area contributed by atoms with Crippen molar-refractivity contribution in [1.82, 2.24) is 37.2 Å². The summed E-state index contributed by atoms with van der Waals surface area (Å²) in [5.74, 6) is -13.7. The Morgan fingerprint density at radius 2 is 1.42 bits per heavy atom. The summed E-state index contributed by atoms with van der Waals surface area (Å²) in [5.41, 5.74) is 8.75. The van der Waals surface area contributed by atoms with Crippen LogP contribution in [0.25, 0.3) is 0 Å². The average molecular weight is 938 g/mol. The zero-order chi connectivity index (χ0) is 49.0. The van der Waals surface area contributed by atoms with Crippen molar-refractivity contribution in [3.8, 4) is 5.75 Å². The lowest BCUT2D eigenvalue weighted by Gasteiger charge is -2.32. The predicted octanol–water partition coefficient (Wildman–Crippen LogP) is -3.58. The topological polar surface area (TPSA) is 402 Å². The molecule has 0 spiro atoms. The van der Waals surface area contributed by atoms with Crippen LogP contribution in [0.5, 0.6) is 5.75 Å². The summed E-state index contributed by atoms with van der Waals surface area (Å²) >= 11 is 0. The largest absolute Gasteiger partial charge is 0.508 e. The van der Waals surface area contributed by atoms with E-state index in [4.69, 9.17) is 11.5 Å². The molecule has 1 aliphatic heterocycles. The minimum absolute atomic E-state index is 0.0758. The molecule has 25 heteroatoms. The molecule has 360 valence electrons. The number of carboxylic acids is 2. The van der Waals surface area contributed by atoms with Crippen molar-refractivity contribution in [2.75, 3.05) is 18.1 Å². The molecule has 1 saturated heterocycles. The molecule has 9 amide bonds. The molecule has 0 aromatic heterocycles. The van der Waals surface area contributed by atoms with Crippen molar-refractivity contribution in [3.05, 3.63) is 29.8 Å².